The van der Waals surface area contributed by atoms with Crippen LogP contribution in [0.1, 0.15) is 72.1 Å². The van der Waals surface area contributed by atoms with E-state index in [0.29, 0.717) is 0 Å². The van der Waals surface area contributed by atoms with E-state index in [1.165, 1.54) is 75.5 Å². The molecule has 0 saturated carbocycles. The van der Waals surface area contributed by atoms with Crippen LogP contribution < -0.4 is 0 Å². The van der Waals surface area contributed by atoms with Gasteiger partial charge in [0.25, 0.3) is 0 Å². The summed E-state index contributed by atoms with van der Waals surface area (Å²) < 4.78 is 111. The van der Waals surface area contributed by atoms with E-state index in [4.69, 9.17) is 0 Å². The van der Waals surface area contributed by atoms with E-state index >= 15 is 0 Å². The van der Waals surface area contributed by atoms with Gasteiger partial charge in [-0.3, -0.25) is 0 Å². The van der Waals surface area contributed by atoms with Crippen LogP contribution in [0.15, 0.2) is 0 Å². The summed E-state index contributed by atoms with van der Waals surface area (Å²) in [7, 11) is -11.0. The fourth-order valence-corrected chi connectivity index (χ4v) is 4.26. The molecule has 0 saturated heterocycles. The first-order valence-corrected chi connectivity index (χ1v) is 13.0. The van der Waals surface area contributed by atoms with Crippen LogP contribution in [0.3, 0.4) is 0 Å². The van der Waals surface area contributed by atoms with Gasteiger partial charge in [0.1, 0.15) is 0 Å². The second kappa shape index (κ2) is 13.8. The van der Waals surface area contributed by atoms with E-state index < -0.39 is 31.1 Å². The predicted molar refractivity (Wildman–Crippen MR) is 108 cm³/mol. The topological polar surface area (TPSA) is 82.4 Å². The molecule has 31 heavy (non-hydrogen) atoms. The minimum atomic E-state index is -6.72. The first kappa shape index (κ1) is 32.6. The number of rotatable bonds is 13. The molecule has 0 radical (unpaired) electrons. The molecule has 0 rings (SSSR count). The van der Waals surface area contributed by atoms with E-state index in [2.05, 4.69) is 27.8 Å². The molecule has 0 aromatic carbocycles. The van der Waals surface area contributed by atoms with Crippen LogP contribution in [0, 0.1) is 0 Å². The van der Waals surface area contributed by atoms with Crippen molar-refractivity contribution in [3.63, 3.8) is 0 Å². The van der Waals surface area contributed by atoms with Crippen molar-refractivity contribution in [2.75, 3.05) is 26.7 Å². The number of sulfonamides is 2. The highest BCUT2D eigenvalue weighted by Crippen LogP contribution is 2.36. The van der Waals surface area contributed by atoms with Crippen LogP contribution in [0.4, 0.5) is 26.3 Å². The zero-order chi connectivity index (χ0) is 25.0. The van der Waals surface area contributed by atoms with Gasteiger partial charge in [-0.15, -0.1) is 0 Å². The monoisotopic (exact) mass is 508 g/mol. The third-order valence-corrected chi connectivity index (χ3v) is 7.18. The van der Waals surface area contributed by atoms with Crippen LogP contribution in [0.25, 0.3) is 4.13 Å². The quantitative estimate of drug-likeness (QED) is 0.182. The third-order valence-electron chi connectivity index (χ3n) is 4.44. The maximum absolute atomic E-state index is 11.4. The molecule has 0 heterocycles. The smallest absolute Gasteiger partial charge is 0.421 e. The highest BCUT2D eigenvalue weighted by atomic mass is 32.3. The van der Waals surface area contributed by atoms with E-state index in [1.54, 1.807) is 0 Å². The summed E-state index contributed by atoms with van der Waals surface area (Å²) >= 11 is 0. The molecule has 0 aromatic heterocycles. The Bertz CT molecular complexity index is 642. The van der Waals surface area contributed by atoms with Crippen molar-refractivity contribution in [3.8, 4) is 0 Å². The summed E-state index contributed by atoms with van der Waals surface area (Å²) in [5.74, 6) is 0. The Kier molecular flexibility index (Phi) is 14.5. The van der Waals surface area contributed by atoms with E-state index in [0.717, 1.165) is 4.13 Å². The molecular weight excluding hydrogens is 474 g/mol. The average Bonchev–Trinajstić information content (AvgIpc) is 2.60. The van der Waals surface area contributed by atoms with Gasteiger partial charge in [0, 0.05) is 0 Å². The van der Waals surface area contributed by atoms with E-state index in [-0.39, 0.29) is 0 Å². The van der Waals surface area contributed by atoms with Crippen LogP contribution >= 0.6 is 0 Å². The largest absolute Gasteiger partial charge is 0.480 e. The normalized spacial score (nSPS) is 13.6. The van der Waals surface area contributed by atoms with Crippen molar-refractivity contribution in [1.82, 2.24) is 0 Å². The molecule has 0 aliphatic carbocycles. The summed E-state index contributed by atoms with van der Waals surface area (Å²) in [6.07, 6.45) is 11.1. The Labute approximate surface area is 182 Å². The summed E-state index contributed by atoms with van der Waals surface area (Å²) in [5.41, 5.74) is -12.4. The first-order valence-electron chi connectivity index (χ1n) is 10.1. The Morgan fingerprint density at radius 3 is 1.23 bits per heavy atom. The molecular formula is C17H34F6N2O4S2. The highest BCUT2D eigenvalue weighted by molar-refractivity contribution is 8.13. The zero-order valence-corrected chi connectivity index (χ0v) is 20.0. The minimum absolute atomic E-state index is 0.778. The number of quaternary nitrogens is 1. The zero-order valence-electron chi connectivity index (χ0n) is 18.4. The molecule has 0 fully saturated rings. The van der Waals surface area contributed by atoms with Gasteiger partial charge < -0.3 is 8.61 Å². The lowest BCUT2D eigenvalue weighted by atomic mass is 10.1. The predicted octanol–water partition coefficient (Wildman–Crippen LogP) is 5.67. The number of unbranched alkanes of at least 4 members (excludes halogenated alkanes) is 5. The fraction of sp³-hybridized carbons (Fsp3) is 1.00. The molecule has 0 spiro atoms. The van der Waals surface area contributed by atoms with Crippen LogP contribution in [0.2, 0.25) is 0 Å². The second-order valence-electron chi connectivity index (χ2n) is 7.47. The van der Waals surface area contributed by atoms with Crippen molar-refractivity contribution in [2.45, 2.75) is 83.2 Å². The third kappa shape index (κ3) is 13.5. The SMILES string of the molecule is CCCCCC[N+](C)(CCCC)CCCC.O=S(=O)([N-]S(=O)(=O)C(F)(F)F)C(F)(F)F. The Morgan fingerprint density at radius 1 is 0.613 bits per heavy atom. The van der Waals surface area contributed by atoms with Crippen LogP contribution in [-0.4, -0.2) is 59.0 Å². The Morgan fingerprint density at radius 2 is 0.935 bits per heavy atom. The Hall–Kier alpha value is -0.600. The van der Waals surface area contributed by atoms with Crippen molar-refractivity contribution in [2.24, 2.45) is 0 Å². The van der Waals surface area contributed by atoms with Gasteiger partial charge in [-0.2, -0.15) is 26.3 Å². The molecule has 0 atom stereocenters. The van der Waals surface area contributed by atoms with Gasteiger partial charge in [-0.25, -0.2) is 16.8 Å². The van der Waals surface area contributed by atoms with Crippen LogP contribution in [-0.2, 0) is 20.0 Å². The molecule has 0 unspecified atom stereocenters. The number of nitrogens with zero attached hydrogens (tertiary/aromatic N) is 2. The van der Waals surface area contributed by atoms with E-state index in [9.17, 15) is 43.2 Å². The van der Waals surface area contributed by atoms with Crippen LogP contribution in [0.5, 0.6) is 0 Å². The molecule has 190 valence electrons. The first-order chi connectivity index (χ1) is 13.9. The second-order valence-corrected chi connectivity index (χ2v) is 10.9. The number of halogens is 6. The molecule has 14 heteroatoms. The lowest BCUT2D eigenvalue weighted by Crippen LogP contribution is -2.46. The van der Waals surface area contributed by atoms with Crippen molar-refractivity contribution >= 4 is 20.0 Å². The maximum atomic E-state index is 11.4. The lowest BCUT2D eigenvalue weighted by Gasteiger charge is -2.35. The number of hydrogen-bond donors (Lipinski definition) is 0. The van der Waals surface area contributed by atoms with Crippen molar-refractivity contribution < 1.29 is 47.7 Å². The van der Waals surface area contributed by atoms with Gasteiger partial charge in [0.15, 0.2) is 20.0 Å². The minimum Gasteiger partial charge on any atom is -0.421 e. The lowest BCUT2D eigenvalue weighted by molar-refractivity contribution is -0.910. The van der Waals surface area contributed by atoms with Gasteiger partial charge in [0.05, 0.1) is 26.7 Å². The average molecular weight is 509 g/mol. The highest BCUT2D eigenvalue weighted by Gasteiger charge is 2.46. The van der Waals surface area contributed by atoms with Crippen molar-refractivity contribution in [3.05, 3.63) is 4.13 Å². The van der Waals surface area contributed by atoms with E-state index in [1.807, 2.05) is 0 Å². The standard InChI is InChI=1S/C15H34N.C2F6NO4S2/c1-5-8-11-12-15-16(4,13-9-6-2)14-10-7-3;3-1(4,5)14(10,11)9-15(12,13)2(6,7)8/h5-15H2,1-4H3;/q+1;-1. The maximum Gasteiger partial charge on any atom is 0.480 e. The molecule has 0 aromatic rings. The van der Waals surface area contributed by atoms with Gasteiger partial charge in [-0.1, -0.05) is 46.5 Å². The molecule has 0 N–H and O–H groups in total. The Balaban J connectivity index is 0. The summed E-state index contributed by atoms with van der Waals surface area (Å²) in [5, 5.41) is 0. The molecule has 0 bridgehead atoms. The van der Waals surface area contributed by atoms with Gasteiger partial charge >= 0.3 is 11.0 Å². The van der Waals surface area contributed by atoms with Crippen molar-refractivity contribution in [1.29, 1.82) is 0 Å². The molecule has 0 aliphatic rings. The number of alkyl halides is 6. The summed E-state index contributed by atoms with van der Waals surface area (Å²) in [6, 6.07) is 0. The summed E-state index contributed by atoms with van der Waals surface area (Å²) in [4.78, 5) is 0. The number of hydrogen-bond acceptors (Lipinski definition) is 4. The molecule has 0 aliphatic heterocycles. The summed E-state index contributed by atoms with van der Waals surface area (Å²) in [6.45, 7) is 11.1. The van der Waals surface area contributed by atoms with Gasteiger partial charge in [-0.05, 0) is 25.7 Å². The molecule has 0 amide bonds. The van der Waals surface area contributed by atoms with Gasteiger partial charge in [0.2, 0.25) is 0 Å². The fourth-order valence-electron chi connectivity index (χ4n) is 2.55. The molecule has 6 nitrogen and oxygen atoms in total.